The van der Waals surface area contributed by atoms with Gasteiger partial charge in [0.1, 0.15) is 17.9 Å². The molecule has 1 amide bonds. The highest BCUT2D eigenvalue weighted by atomic mass is 35.5. The van der Waals surface area contributed by atoms with Gasteiger partial charge in [0.05, 0.1) is 34.3 Å². The summed E-state index contributed by atoms with van der Waals surface area (Å²) in [6.45, 7) is 6.56. The number of halogens is 2. The molecule has 1 aliphatic rings. The lowest BCUT2D eigenvalue weighted by molar-refractivity contribution is -0.133. The number of amides is 1. The lowest BCUT2D eigenvalue weighted by Gasteiger charge is -2.40. The summed E-state index contributed by atoms with van der Waals surface area (Å²) < 4.78 is 7.59. The number of nitrogen functional groups attached to an aromatic ring is 1. The van der Waals surface area contributed by atoms with Gasteiger partial charge < -0.3 is 15.4 Å². The lowest BCUT2D eigenvalue weighted by Crippen LogP contribution is -2.47. The van der Waals surface area contributed by atoms with Gasteiger partial charge in [-0.3, -0.25) is 4.79 Å². The molecule has 0 saturated carbocycles. The van der Waals surface area contributed by atoms with Crippen LogP contribution in [0.5, 0.6) is 5.75 Å². The molecule has 0 spiro atoms. The van der Waals surface area contributed by atoms with Crippen molar-refractivity contribution >= 4 is 46.0 Å². The smallest absolute Gasteiger partial charge is 0.219 e. The molecule has 3 aromatic rings. The minimum absolute atomic E-state index is 0.0349. The van der Waals surface area contributed by atoms with Gasteiger partial charge in [-0.2, -0.15) is 5.10 Å². The largest absolute Gasteiger partial charge is 0.496 e. The van der Waals surface area contributed by atoms with Gasteiger partial charge in [-0.1, -0.05) is 23.2 Å². The molecule has 4 rings (SSSR count). The number of likely N-dealkylation sites (tertiary alicyclic amines) is 1. The number of nitrogens with zero attached hydrogens (tertiary/aromatic N) is 5. The fourth-order valence-corrected chi connectivity index (χ4v) is 4.56. The molecular weight excluding hydrogens is 427 g/mol. The highest BCUT2D eigenvalue weighted by Crippen LogP contribution is 2.46. The molecular formula is C20H22Cl2N6O2. The van der Waals surface area contributed by atoms with E-state index in [1.54, 1.807) is 29.7 Å². The maximum atomic E-state index is 11.6. The van der Waals surface area contributed by atoms with Crippen LogP contribution in [0.1, 0.15) is 42.6 Å². The zero-order valence-corrected chi connectivity index (χ0v) is 18.6. The summed E-state index contributed by atoms with van der Waals surface area (Å²) in [5.41, 5.74) is 9.05. The topological polar surface area (TPSA) is 99.2 Å². The van der Waals surface area contributed by atoms with Gasteiger partial charge in [0.2, 0.25) is 5.91 Å². The Kier molecular flexibility index (Phi) is 5.23. The van der Waals surface area contributed by atoms with Crippen molar-refractivity contribution in [2.45, 2.75) is 32.7 Å². The van der Waals surface area contributed by atoms with Crippen LogP contribution in [0, 0.1) is 6.92 Å². The third kappa shape index (κ3) is 3.15. The fraction of sp³-hybridized carbons (Fsp3) is 0.400. The van der Waals surface area contributed by atoms with Crippen LogP contribution in [0.3, 0.4) is 0 Å². The summed E-state index contributed by atoms with van der Waals surface area (Å²) in [5.74, 6) is 1.12. The van der Waals surface area contributed by atoms with E-state index in [2.05, 4.69) is 15.1 Å². The Morgan fingerprint density at radius 3 is 2.67 bits per heavy atom. The predicted molar refractivity (Wildman–Crippen MR) is 116 cm³/mol. The minimum Gasteiger partial charge on any atom is -0.496 e. The molecule has 30 heavy (non-hydrogen) atoms. The molecule has 3 heterocycles. The van der Waals surface area contributed by atoms with Crippen molar-refractivity contribution in [1.29, 1.82) is 0 Å². The van der Waals surface area contributed by atoms with Crippen molar-refractivity contribution in [3.05, 3.63) is 39.3 Å². The van der Waals surface area contributed by atoms with Gasteiger partial charge in [0.25, 0.3) is 0 Å². The molecule has 1 fully saturated rings. The normalized spacial score (nSPS) is 15.3. The number of methoxy groups -OCH3 is 1. The van der Waals surface area contributed by atoms with E-state index in [0.717, 1.165) is 22.2 Å². The Balaban J connectivity index is 1.84. The summed E-state index contributed by atoms with van der Waals surface area (Å²) in [5, 5.41) is 6.25. The molecule has 2 N–H and O–H groups in total. The van der Waals surface area contributed by atoms with Crippen molar-refractivity contribution in [2.75, 3.05) is 25.9 Å². The highest BCUT2D eigenvalue weighted by Gasteiger charge is 2.36. The van der Waals surface area contributed by atoms with Crippen molar-refractivity contribution in [3.63, 3.8) is 0 Å². The summed E-state index contributed by atoms with van der Waals surface area (Å²) in [6, 6.07) is 1.54. The second-order valence-electron chi connectivity index (χ2n) is 7.49. The van der Waals surface area contributed by atoms with Crippen LogP contribution >= 0.6 is 23.2 Å². The molecule has 1 saturated heterocycles. The third-order valence-corrected chi connectivity index (χ3v) is 6.49. The number of carbonyl (C=O) groups excluding carboxylic acids is 1. The molecule has 1 aliphatic heterocycles. The zero-order chi connectivity index (χ0) is 21.7. The van der Waals surface area contributed by atoms with Crippen molar-refractivity contribution in [3.8, 4) is 5.75 Å². The van der Waals surface area contributed by atoms with Crippen molar-refractivity contribution in [1.82, 2.24) is 24.6 Å². The summed E-state index contributed by atoms with van der Waals surface area (Å²) in [7, 11) is 1.60. The summed E-state index contributed by atoms with van der Waals surface area (Å²) in [6.07, 6.45) is 1.42. The van der Waals surface area contributed by atoms with E-state index in [9.17, 15) is 4.79 Å². The number of rotatable bonds is 4. The first-order chi connectivity index (χ1) is 14.2. The number of ether oxygens (including phenoxy) is 1. The van der Waals surface area contributed by atoms with E-state index in [0.29, 0.717) is 40.3 Å². The van der Waals surface area contributed by atoms with Crippen LogP contribution in [0.4, 0.5) is 5.82 Å². The number of aryl methyl sites for hydroxylation is 1. The molecule has 0 radical (unpaired) electrons. The first-order valence-corrected chi connectivity index (χ1v) is 10.3. The van der Waals surface area contributed by atoms with E-state index in [1.807, 2.05) is 13.8 Å². The van der Waals surface area contributed by atoms with Gasteiger partial charge in [0, 0.05) is 37.1 Å². The first kappa shape index (κ1) is 20.7. The second kappa shape index (κ2) is 7.59. The molecule has 0 bridgehead atoms. The number of hydrogen-bond donors (Lipinski definition) is 1. The Labute approximate surface area is 183 Å². The van der Waals surface area contributed by atoms with Gasteiger partial charge in [-0.05, 0) is 19.9 Å². The van der Waals surface area contributed by atoms with Crippen LogP contribution in [-0.4, -0.2) is 50.8 Å². The van der Waals surface area contributed by atoms with E-state index in [4.69, 9.17) is 33.7 Å². The minimum atomic E-state index is -0.261. The van der Waals surface area contributed by atoms with Crippen molar-refractivity contribution in [2.24, 2.45) is 0 Å². The van der Waals surface area contributed by atoms with E-state index >= 15 is 0 Å². The Morgan fingerprint density at radius 2 is 2.03 bits per heavy atom. The molecule has 8 nitrogen and oxygen atoms in total. The van der Waals surface area contributed by atoms with Crippen LogP contribution in [-0.2, 0) is 4.79 Å². The third-order valence-electron chi connectivity index (χ3n) is 5.68. The van der Waals surface area contributed by atoms with Crippen molar-refractivity contribution < 1.29 is 9.53 Å². The number of nitrogens with two attached hydrogens (primary N) is 1. The number of benzene rings is 1. The molecule has 10 heteroatoms. The van der Waals surface area contributed by atoms with Gasteiger partial charge in [0.15, 0.2) is 5.65 Å². The van der Waals surface area contributed by atoms with E-state index < -0.39 is 0 Å². The van der Waals surface area contributed by atoms with Gasteiger partial charge in [-0.25, -0.2) is 14.6 Å². The number of carbonyl (C=O) groups is 1. The maximum Gasteiger partial charge on any atom is 0.219 e. The van der Waals surface area contributed by atoms with Crippen LogP contribution < -0.4 is 10.5 Å². The number of fused-ring (bicyclic) bond motifs is 1. The SMILES string of the molecule is COc1c([C@@H](C)n2nc(C)c3c(N)ncnc32)cc(Cl)c(Cl)c1C1CN(C(C)=O)C1. The number of hydrogen-bond acceptors (Lipinski definition) is 6. The molecule has 0 unspecified atom stereocenters. The lowest BCUT2D eigenvalue weighted by atomic mass is 9.88. The quantitative estimate of drug-likeness (QED) is 0.654. The van der Waals surface area contributed by atoms with Crippen LogP contribution in [0.2, 0.25) is 10.0 Å². The molecule has 1 atom stereocenters. The monoisotopic (exact) mass is 448 g/mol. The second-order valence-corrected chi connectivity index (χ2v) is 8.28. The number of anilines is 1. The summed E-state index contributed by atoms with van der Waals surface area (Å²) in [4.78, 5) is 21.8. The van der Waals surface area contributed by atoms with E-state index in [1.165, 1.54) is 6.33 Å². The number of aromatic nitrogens is 4. The van der Waals surface area contributed by atoms with E-state index in [-0.39, 0.29) is 17.9 Å². The Morgan fingerprint density at radius 1 is 1.33 bits per heavy atom. The molecule has 1 aromatic carbocycles. The van der Waals surface area contributed by atoms with Crippen LogP contribution in [0.15, 0.2) is 12.4 Å². The molecule has 158 valence electrons. The fourth-order valence-electron chi connectivity index (χ4n) is 4.04. The van der Waals surface area contributed by atoms with Gasteiger partial charge >= 0.3 is 0 Å². The summed E-state index contributed by atoms with van der Waals surface area (Å²) >= 11 is 13.1. The maximum absolute atomic E-state index is 11.6. The zero-order valence-electron chi connectivity index (χ0n) is 17.1. The predicted octanol–water partition coefficient (Wildman–Crippen LogP) is 3.59. The average molecular weight is 449 g/mol. The molecule has 2 aromatic heterocycles. The Bertz CT molecular complexity index is 1160. The van der Waals surface area contributed by atoms with Gasteiger partial charge in [-0.15, -0.1) is 0 Å². The molecule has 0 aliphatic carbocycles. The highest BCUT2D eigenvalue weighted by molar-refractivity contribution is 6.42. The standard InChI is InChI=1S/C20H22Cl2N6O2/c1-9-15-19(23)24-8-25-20(15)28(26-9)10(2)13-5-14(21)17(22)16(18(13)30-4)12-6-27(7-12)11(3)29/h5,8,10,12H,6-7H2,1-4H3,(H2,23,24,25)/t10-/m1/s1. The first-order valence-electron chi connectivity index (χ1n) is 9.51. The average Bonchev–Trinajstić information content (AvgIpc) is 3.00. The Hall–Kier alpha value is -2.58. The van der Waals surface area contributed by atoms with Crippen LogP contribution in [0.25, 0.3) is 11.0 Å².